The molecule has 2 aromatic carbocycles. The van der Waals surface area contributed by atoms with Crippen molar-refractivity contribution in [3.63, 3.8) is 0 Å². The Labute approximate surface area is 172 Å². The quantitative estimate of drug-likeness (QED) is 0.313. The SMILES string of the molecule is NC(=[NH2+])c1ccc2cc(CC(=O)c3ccc(N4CC(CO)=NC4=O)cc3)ncc2c1. The van der Waals surface area contributed by atoms with E-state index in [1.54, 1.807) is 30.5 Å². The number of anilines is 1. The van der Waals surface area contributed by atoms with E-state index in [0.29, 0.717) is 22.7 Å². The minimum atomic E-state index is -0.421. The number of benzene rings is 2. The molecule has 0 fully saturated rings. The van der Waals surface area contributed by atoms with Crippen molar-refractivity contribution >= 4 is 39.8 Å². The normalized spacial score (nSPS) is 13.6. The number of Topliss-reactive ketones (excluding diaryl/α,β-unsaturated/α-hetero) is 1. The summed E-state index contributed by atoms with van der Waals surface area (Å²) in [7, 11) is 0. The Hall–Kier alpha value is -3.91. The van der Waals surface area contributed by atoms with Crippen LogP contribution in [0.25, 0.3) is 10.8 Å². The molecule has 0 saturated heterocycles. The number of amidine groups is 1. The van der Waals surface area contributed by atoms with Gasteiger partial charge < -0.3 is 5.11 Å². The first-order valence-electron chi connectivity index (χ1n) is 9.33. The van der Waals surface area contributed by atoms with Gasteiger partial charge in [-0.1, -0.05) is 6.07 Å². The number of urea groups is 1. The number of nitrogens with two attached hydrogens (primary N) is 2. The van der Waals surface area contributed by atoms with Crippen molar-refractivity contribution in [2.75, 3.05) is 18.1 Å². The van der Waals surface area contributed by atoms with Crippen LogP contribution >= 0.6 is 0 Å². The first kappa shape index (κ1) is 19.4. The molecule has 8 nitrogen and oxygen atoms in total. The third-order valence-electron chi connectivity index (χ3n) is 4.96. The van der Waals surface area contributed by atoms with Crippen LogP contribution in [-0.2, 0) is 6.42 Å². The lowest BCUT2D eigenvalue weighted by Crippen LogP contribution is -2.46. The summed E-state index contributed by atoms with van der Waals surface area (Å²) in [6, 6.07) is 13.8. The number of aliphatic hydroxyl groups excluding tert-OH is 1. The molecule has 5 N–H and O–H groups in total. The largest absolute Gasteiger partial charge is 0.390 e. The topological polar surface area (TPSA) is 134 Å². The van der Waals surface area contributed by atoms with Crippen molar-refractivity contribution in [3.8, 4) is 0 Å². The first-order chi connectivity index (χ1) is 14.4. The average Bonchev–Trinajstić information content (AvgIpc) is 3.14. The number of amides is 2. The van der Waals surface area contributed by atoms with E-state index >= 15 is 0 Å². The molecule has 0 bridgehead atoms. The van der Waals surface area contributed by atoms with E-state index in [9.17, 15) is 9.59 Å². The molecule has 1 aliphatic heterocycles. The maximum Gasteiger partial charge on any atom is 0.348 e. The van der Waals surface area contributed by atoms with Crippen molar-refractivity contribution in [1.29, 1.82) is 0 Å². The number of aliphatic hydroxyl groups is 1. The van der Waals surface area contributed by atoms with Crippen LogP contribution in [0.1, 0.15) is 21.6 Å². The Balaban J connectivity index is 1.48. The fourth-order valence-electron chi connectivity index (χ4n) is 3.33. The molecule has 0 spiro atoms. The van der Waals surface area contributed by atoms with E-state index in [1.807, 2.05) is 24.3 Å². The van der Waals surface area contributed by atoms with Gasteiger partial charge in [0.15, 0.2) is 5.78 Å². The van der Waals surface area contributed by atoms with Gasteiger partial charge in [-0.2, -0.15) is 4.99 Å². The minimum absolute atomic E-state index is 0.0791. The number of ketones is 1. The lowest BCUT2D eigenvalue weighted by molar-refractivity contribution is -0.114. The second-order valence-corrected chi connectivity index (χ2v) is 7.04. The maximum absolute atomic E-state index is 12.7. The third kappa shape index (κ3) is 3.81. The molecule has 4 rings (SSSR count). The Morgan fingerprint density at radius 3 is 2.50 bits per heavy atom. The predicted molar refractivity (Wildman–Crippen MR) is 114 cm³/mol. The number of hydrogen-bond acceptors (Lipinski definition) is 4. The van der Waals surface area contributed by atoms with Gasteiger partial charge in [-0.15, -0.1) is 0 Å². The van der Waals surface area contributed by atoms with Gasteiger partial charge >= 0.3 is 6.03 Å². The average molecular weight is 402 g/mol. The van der Waals surface area contributed by atoms with E-state index in [0.717, 1.165) is 16.3 Å². The van der Waals surface area contributed by atoms with Gasteiger partial charge in [0.1, 0.15) is 0 Å². The smallest absolute Gasteiger partial charge is 0.348 e. The highest BCUT2D eigenvalue weighted by atomic mass is 16.3. The first-order valence-corrected chi connectivity index (χ1v) is 9.33. The summed E-state index contributed by atoms with van der Waals surface area (Å²) < 4.78 is 0. The lowest BCUT2D eigenvalue weighted by atomic mass is 10.0. The van der Waals surface area contributed by atoms with Crippen LogP contribution in [-0.4, -0.2) is 46.6 Å². The molecule has 0 atom stereocenters. The molecule has 1 aromatic heterocycles. The van der Waals surface area contributed by atoms with Crippen LogP contribution in [0.5, 0.6) is 0 Å². The molecule has 150 valence electrons. The fourth-order valence-corrected chi connectivity index (χ4v) is 3.33. The molecule has 0 saturated carbocycles. The summed E-state index contributed by atoms with van der Waals surface area (Å²) in [6.45, 7) is -0.00431. The molecular formula is C22H20N5O3+. The van der Waals surface area contributed by atoms with Crippen LogP contribution in [0.15, 0.2) is 59.7 Å². The van der Waals surface area contributed by atoms with E-state index in [4.69, 9.17) is 16.2 Å². The maximum atomic E-state index is 12.7. The Bertz CT molecular complexity index is 1200. The van der Waals surface area contributed by atoms with Crippen LogP contribution < -0.4 is 16.0 Å². The Morgan fingerprint density at radius 1 is 1.10 bits per heavy atom. The highest BCUT2D eigenvalue weighted by Gasteiger charge is 2.24. The monoisotopic (exact) mass is 402 g/mol. The van der Waals surface area contributed by atoms with Crippen LogP contribution in [0, 0.1) is 0 Å². The summed E-state index contributed by atoms with van der Waals surface area (Å²) in [5.74, 6) is 0.166. The number of pyridine rings is 1. The zero-order valence-electron chi connectivity index (χ0n) is 16.1. The van der Waals surface area contributed by atoms with Crippen molar-refractivity contribution in [1.82, 2.24) is 4.98 Å². The van der Waals surface area contributed by atoms with Gasteiger partial charge in [0.05, 0.1) is 30.8 Å². The van der Waals surface area contributed by atoms with E-state index in [-0.39, 0.29) is 31.2 Å². The van der Waals surface area contributed by atoms with Gasteiger partial charge in [-0.25, -0.2) is 4.79 Å². The summed E-state index contributed by atoms with van der Waals surface area (Å²) >= 11 is 0. The van der Waals surface area contributed by atoms with Gasteiger partial charge in [0.2, 0.25) is 0 Å². The number of rotatable bonds is 6. The summed E-state index contributed by atoms with van der Waals surface area (Å²) in [4.78, 5) is 34.2. The van der Waals surface area contributed by atoms with Crippen LogP contribution in [0.2, 0.25) is 0 Å². The number of hydrogen-bond donors (Lipinski definition) is 3. The molecule has 0 unspecified atom stereocenters. The Kier molecular flexibility index (Phi) is 5.07. The second kappa shape index (κ2) is 7.84. The number of carbonyl (C=O) groups excluding carboxylic acids is 2. The molecule has 2 heterocycles. The van der Waals surface area contributed by atoms with Gasteiger partial charge in [0.25, 0.3) is 5.84 Å². The minimum Gasteiger partial charge on any atom is -0.390 e. The molecule has 30 heavy (non-hydrogen) atoms. The van der Waals surface area contributed by atoms with Crippen molar-refractivity contribution in [3.05, 3.63) is 71.5 Å². The standard InChI is InChI=1S/C22H19N5O3/c23-21(24)15-2-1-14-8-17(25-10-16(14)7-15)9-20(29)13-3-5-19(6-4-13)27-11-18(12-28)26-22(27)30/h1-8,10,28H,9,11-12H2,(H3,23,24)/p+1. The summed E-state index contributed by atoms with van der Waals surface area (Å²) in [5, 5.41) is 16.6. The van der Waals surface area contributed by atoms with Crippen LogP contribution in [0.4, 0.5) is 10.5 Å². The molecule has 2 amide bonds. The van der Waals surface area contributed by atoms with Gasteiger partial charge in [-0.05, 0) is 47.9 Å². The fraction of sp³-hybridized carbons (Fsp3) is 0.136. The molecular weight excluding hydrogens is 382 g/mol. The van der Waals surface area contributed by atoms with Crippen LogP contribution in [0.3, 0.4) is 0 Å². The third-order valence-corrected chi connectivity index (χ3v) is 4.96. The van der Waals surface area contributed by atoms with Crippen molar-refractivity contribution < 1.29 is 20.1 Å². The zero-order chi connectivity index (χ0) is 21.3. The molecule has 8 heteroatoms. The van der Waals surface area contributed by atoms with Crippen molar-refractivity contribution in [2.45, 2.75) is 6.42 Å². The molecule has 0 aliphatic carbocycles. The Morgan fingerprint density at radius 2 is 1.83 bits per heavy atom. The molecule has 1 aliphatic rings. The number of fused-ring (bicyclic) bond motifs is 1. The summed E-state index contributed by atoms with van der Waals surface area (Å²) in [5.41, 5.74) is 8.59. The summed E-state index contributed by atoms with van der Waals surface area (Å²) in [6.07, 6.45) is 1.85. The van der Waals surface area contributed by atoms with Gasteiger partial charge in [-0.3, -0.25) is 25.8 Å². The molecule has 3 aromatic rings. The number of aromatic nitrogens is 1. The lowest BCUT2D eigenvalue weighted by Gasteiger charge is -2.15. The zero-order valence-corrected chi connectivity index (χ0v) is 16.1. The van der Waals surface area contributed by atoms with Crippen molar-refractivity contribution in [2.24, 2.45) is 10.7 Å². The number of aliphatic imine (C=N–C) groups is 1. The van der Waals surface area contributed by atoms with E-state index in [1.165, 1.54) is 4.90 Å². The van der Waals surface area contributed by atoms with E-state index in [2.05, 4.69) is 9.98 Å². The van der Waals surface area contributed by atoms with E-state index < -0.39 is 6.03 Å². The molecule has 0 radical (unpaired) electrons. The number of nitrogens with zero attached hydrogens (tertiary/aromatic N) is 3. The van der Waals surface area contributed by atoms with Gasteiger partial charge in [0, 0.05) is 28.5 Å². The predicted octanol–water partition coefficient (Wildman–Crippen LogP) is 0.498. The highest BCUT2D eigenvalue weighted by Crippen LogP contribution is 2.21. The number of carbonyl (C=O) groups is 2. The highest BCUT2D eigenvalue weighted by molar-refractivity contribution is 6.12. The second-order valence-electron chi connectivity index (χ2n) is 7.04.